The summed E-state index contributed by atoms with van der Waals surface area (Å²) in [6, 6.07) is 0. The number of Topliss-reactive ketones (excluding diaryl/α,β-unsaturated/α-hetero) is 1. The molecule has 0 spiro atoms. The van der Waals surface area contributed by atoms with Gasteiger partial charge in [0.15, 0.2) is 0 Å². The Labute approximate surface area is 78.4 Å². The molecule has 0 aliphatic carbocycles. The molecule has 0 radical (unpaired) electrons. The third-order valence-electron chi connectivity index (χ3n) is 1.54. The molecule has 0 aromatic rings. The topological polar surface area (TPSA) is 53.5 Å². The molecule has 0 bridgehead atoms. The van der Waals surface area contributed by atoms with Crippen molar-refractivity contribution in [3.05, 3.63) is 30.3 Å². The molecule has 0 rings (SSSR count). The number of hydrogen-bond acceptors (Lipinski definition) is 1. The van der Waals surface area contributed by atoms with Gasteiger partial charge in [0.2, 0.25) is 5.78 Å². The molecule has 0 aromatic heterocycles. The average Bonchev–Trinajstić information content (AvgIpc) is 2.10. The van der Waals surface area contributed by atoms with Crippen molar-refractivity contribution in [1.82, 2.24) is 0 Å². The summed E-state index contributed by atoms with van der Waals surface area (Å²) < 4.78 is 0. The zero-order valence-corrected chi connectivity index (χ0v) is 7.86. The van der Waals surface area contributed by atoms with Crippen molar-refractivity contribution in [3.63, 3.8) is 0 Å². The van der Waals surface area contributed by atoms with Crippen molar-refractivity contribution in [2.24, 2.45) is 0 Å². The Morgan fingerprint density at radius 1 is 1.46 bits per heavy atom. The fourth-order valence-electron chi connectivity index (χ4n) is 0.782. The Bertz CT molecular complexity index is 260. The molecule has 0 amide bonds. The first-order chi connectivity index (χ1) is 6.22. The first-order valence-electron chi connectivity index (χ1n) is 4.20. The molecule has 3 heteroatoms. The highest BCUT2D eigenvalue weighted by molar-refractivity contribution is 6.36. The van der Waals surface area contributed by atoms with Crippen LogP contribution >= 0.6 is 0 Å². The van der Waals surface area contributed by atoms with Crippen LogP contribution in [-0.2, 0) is 4.79 Å². The number of rotatable bonds is 6. The first kappa shape index (κ1) is 11.5. The van der Waals surface area contributed by atoms with E-state index in [0.29, 0.717) is 6.42 Å². The van der Waals surface area contributed by atoms with Gasteiger partial charge in [-0.3, -0.25) is 4.79 Å². The zero-order valence-electron chi connectivity index (χ0n) is 7.86. The Balaban J connectivity index is 3.86. The molecule has 0 aromatic carbocycles. The normalized spacial score (nSPS) is 9.62. The minimum atomic E-state index is -0.198. The molecule has 0 fully saturated rings. The van der Waals surface area contributed by atoms with Crippen LogP contribution in [0.1, 0.15) is 26.2 Å². The van der Waals surface area contributed by atoms with Crippen LogP contribution in [0.5, 0.6) is 0 Å². The fourth-order valence-corrected chi connectivity index (χ4v) is 0.782. The van der Waals surface area contributed by atoms with Crippen molar-refractivity contribution >= 4 is 11.5 Å². The monoisotopic (exact) mass is 178 g/mol. The molecule has 0 heterocycles. The number of ketones is 1. The van der Waals surface area contributed by atoms with Crippen LogP contribution in [0, 0.1) is 0 Å². The summed E-state index contributed by atoms with van der Waals surface area (Å²) in [7, 11) is 0. The van der Waals surface area contributed by atoms with E-state index in [2.05, 4.69) is 11.4 Å². The van der Waals surface area contributed by atoms with E-state index in [1.54, 1.807) is 0 Å². The molecular weight excluding hydrogens is 164 g/mol. The summed E-state index contributed by atoms with van der Waals surface area (Å²) in [5.41, 5.74) is 8.61. The molecule has 0 atom stereocenters. The van der Waals surface area contributed by atoms with Gasteiger partial charge in [0.1, 0.15) is 0 Å². The molecule has 13 heavy (non-hydrogen) atoms. The third-order valence-corrected chi connectivity index (χ3v) is 1.54. The SMILES string of the molecule is C=CCC/C=C\CC(=[N+]=[N-])C(C)=O. The highest BCUT2D eigenvalue weighted by atomic mass is 16.1. The van der Waals surface area contributed by atoms with Crippen LogP contribution in [0.3, 0.4) is 0 Å². The van der Waals surface area contributed by atoms with Crippen molar-refractivity contribution in [3.8, 4) is 0 Å². The van der Waals surface area contributed by atoms with Gasteiger partial charge in [-0.15, -0.1) is 6.58 Å². The minimum absolute atomic E-state index is 0.190. The highest BCUT2D eigenvalue weighted by Crippen LogP contribution is 1.94. The summed E-state index contributed by atoms with van der Waals surface area (Å²) in [5, 5.41) is 0. The fraction of sp³-hybridized carbons (Fsp3) is 0.400. The molecule has 0 saturated heterocycles. The molecule has 0 N–H and O–H groups in total. The summed E-state index contributed by atoms with van der Waals surface area (Å²) >= 11 is 0. The lowest BCUT2D eigenvalue weighted by Crippen LogP contribution is -2.09. The zero-order chi connectivity index (χ0) is 10.1. The van der Waals surface area contributed by atoms with Crippen molar-refractivity contribution in [2.45, 2.75) is 26.2 Å². The van der Waals surface area contributed by atoms with Gasteiger partial charge < -0.3 is 5.53 Å². The maximum atomic E-state index is 10.8. The number of hydrogen-bond donors (Lipinski definition) is 0. The van der Waals surface area contributed by atoms with E-state index in [1.807, 2.05) is 18.2 Å². The number of nitrogens with zero attached hydrogens (tertiary/aromatic N) is 2. The van der Waals surface area contributed by atoms with Crippen LogP contribution < -0.4 is 0 Å². The summed E-state index contributed by atoms with van der Waals surface area (Å²) in [6.45, 7) is 4.97. The van der Waals surface area contributed by atoms with E-state index < -0.39 is 0 Å². The predicted molar refractivity (Wildman–Crippen MR) is 52.5 cm³/mol. The van der Waals surface area contributed by atoms with Gasteiger partial charge in [-0.05, 0) is 12.8 Å². The lowest BCUT2D eigenvalue weighted by atomic mass is 10.2. The van der Waals surface area contributed by atoms with E-state index in [4.69, 9.17) is 5.53 Å². The van der Waals surface area contributed by atoms with Gasteiger partial charge in [-0.1, -0.05) is 18.2 Å². The summed E-state index contributed by atoms with van der Waals surface area (Å²) in [4.78, 5) is 13.7. The molecule has 0 aliphatic rings. The Morgan fingerprint density at radius 3 is 2.62 bits per heavy atom. The standard InChI is InChI=1S/C10H14N2O/c1-3-4-5-6-7-8-10(12-11)9(2)13/h3,6-7H,1,4-5,8H2,2H3/b7-6-. The van der Waals surface area contributed by atoms with Crippen molar-refractivity contribution in [2.75, 3.05) is 0 Å². The van der Waals surface area contributed by atoms with Crippen LogP contribution in [0.15, 0.2) is 24.8 Å². The van der Waals surface area contributed by atoms with Crippen LogP contribution in [0.4, 0.5) is 0 Å². The number of carbonyl (C=O) groups is 1. The van der Waals surface area contributed by atoms with E-state index >= 15 is 0 Å². The molecular formula is C10H14N2O. The lowest BCUT2D eigenvalue weighted by Gasteiger charge is -1.85. The second-order valence-corrected chi connectivity index (χ2v) is 2.64. The Morgan fingerprint density at radius 2 is 2.15 bits per heavy atom. The van der Waals surface area contributed by atoms with Gasteiger partial charge in [0, 0.05) is 6.92 Å². The van der Waals surface area contributed by atoms with Gasteiger partial charge >= 0.3 is 5.71 Å². The first-order valence-corrected chi connectivity index (χ1v) is 4.20. The van der Waals surface area contributed by atoms with E-state index in [1.165, 1.54) is 6.92 Å². The predicted octanol–water partition coefficient (Wildman–Crippen LogP) is 2.16. The lowest BCUT2D eigenvalue weighted by molar-refractivity contribution is -0.115. The third kappa shape index (κ3) is 5.76. The molecule has 0 aliphatic heterocycles. The highest BCUT2D eigenvalue weighted by Gasteiger charge is 2.10. The van der Waals surface area contributed by atoms with E-state index in [-0.39, 0.29) is 11.5 Å². The largest absolute Gasteiger partial charge is 0.361 e. The van der Waals surface area contributed by atoms with Gasteiger partial charge in [0.25, 0.3) is 0 Å². The second-order valence-electron chi connectivity index (χ2n) is 2.64. The summed E-state index contributed by atoms with van der Waals surface area (Å²) in [6.07, 6.45) is 7.80. The maximum absolute atomic E-state index is 10.8. The maximum Gasteiger partial charge on any atom is 0.337 e. The van der Waals surface area contributed by atoms with Crippen LogP contribution in [0.2, 0.25) is 0 Å². The summed E-state index contributed by atoms with van der Waals surface area (Å²) in [5.74, 6) is -0.198. The van der Waals surface area contributed by atoms with E-state index in [0.717, 1.165) is 12.8 Å². The smallest absolute Gasteiger partial charge is 0.337 e. The number of carbonyl (C=O) groups excluding carboxylic acids is 1. The molecule has 70 valence electrons. The van der Waals surface area contributed by atoms with Crippen molar-refractivity contribution in [1.29, 1.82) is 0 Å². The second kappa shape index (κ2) is 7.19. The average molecular weight is 178 g/mol. The number of allylic oxidation sites excluding steroid dienone is 3. The van der Waals surface area contributed by atoms with Gasteiger partial charge in [-0.25, -0.2) is 0 Å². The van der Waals surface area contributed by atoms with Gasteiger partial charge in [0.05, 0.1) is 6.42 Å². The van der Waals surface area contributed by atoms with Gasteiger partial charge in [-0.2, -0.15) is 4.79 Å². The number of unbranched alkanes of at least 4 members (excludes halogenated alkanes) is 1. The molecule has 0 unspecified atom stereocenters. The molecule has 3 nitrogen and oxygen atoms in total. The minimum Gasteiger partial charge on any atom is -0.361 e. The van der Waals surface area contributed by atoms with Crippen molar-refractivity contribution < 1.29 is 9.58 Å². The quantitative estimate of drug-likeness (QED) is 0.202. The van der Waals surface area contributed by atoms with Crippen LogP contribution in [-0.4, -0.2) is 16.3 Å². The Kier molecular flexibility index (Phi) is 6.38. The molecule has 0 saturated carbocycles. The van der Waals surface area contributed by atoms with E-state index in [9.17, 15) is 4.79 Å². The van der Waals surface area contributed by atoms with Crippen LogP contribution in [0.25, 0.3) is 5.53 Å². The Hall–Kier alpha value is -1.47.